The number of rotatable bonds is 6. The molecule has 1 aliphatic heterocycles. The fourth-order valence-electron chi connectivity index (χ4n) is 3.08. The Kier molecular flexibility index (Phi) is 5.80. The molecule has 2 N–H and O–H groups in total. The van der Waals surface area contributed by atoms with Gasteiger partial charge in [-0.05, 0) is 44.3 Å². The van der Waals surface area contributed by atoms with Crippen molar-refractivity contribution in [1.29, 1.82) is 0 Å². The number of nitrogens with zero attached hydrogens (tertiary/aromatic N) is 1. The van der Waals surface area contributed by atoms with Gasteiger partial charge in [0.05, 0.1) is 5.60 Å². The second-order valence-electron chi connectivity index (χ2n) is 6.99. The number of hydrogen-bond acceptors (Lipinski definition) is 3. The molecule has 0 aromatic heterocycles. The van der Waals surface area contributed by atoms with Crippen molar-refractivity contribution >= 4 is 0 Å². The van der Waals surface area contributed by atoms with Gasteiger partial charge in [-0.25, -0.2) is 0 Å². The van der Waals surface area contributed by atoms with Crippen LogP contribution in [-0.2, 0) is 5.60 Å². The summed E-state index contributed by atoms with van der Waals surface area (Å²) < 4.78 is 0. The number of benzene rings is 1. The van der Waals surface area contributed by atoms with Gasteiger partial charge in [0, 0.05) is 19.1 Å². The summed E-state index contributed by atoms with van der Waals surface area (Å²) in [4.78, 5) is 2.55. The molecule has 1 fully saturated rings. The van der Waals surface area contributed by atoms with E-state index in [-0.39, 0.29) is 0 Å². The standard InChI is InChI=1S/C18H30N2O/c1-15(2)13-20-11-9-17(10-12-20)19-14-18(3,21)16-7-5-4-6-8-16/h4-8,15,17,19,21H,9-14H2,1-3H3. The van der Waals surface area contributed by atoms with Gasteiger partial charge in [0.2, 0.25) is 0 Å². The maximum Gasteiger partial charge on any atom is 0.0992 e. The highest BCUT2D eigenvalue weighted by atomic mass is 16.3. The summed E-state index contributed by atoms with van der Waals surface area (Å²) in [7, 11) is 0. The van der Waals surface area contributed by atoms with Crippen molar-refractivity contribution < 1.29 is 5.11 Å². The first-order chi connectivity index (χ1) is 9.97. The Hall–Kier alpha value is -0.900. The van der Waals surface area contributed by atoms with Crippen molar-refractivity contribution in [3.8, 4) is 0 Å². The monoisotopic (exact) mass is 290 g/mol. The van der Waals surface area contributed by atoms with Crippen LogP contribution < -0.4 is 5.32 Å². The molecule has 0 bridgehead atoms. The van der Waals surface area contributed by atoms with Crippen LogP contribution in [0.2, 0.25) is 0 Å². The van der Waals surface area contributed by atoms with Gasteiger partial charge in [0.1, 0.15) is 0 Å². The zero-order chi connectivity index (χ0) is 15.3. The van der Waals surface area contributed by atoms with Gasteiger partial charge in [-0.2, -0.15) is 0 Å². The summed E-state index contributed by atoms with van der Waals surface area (Å²) in [5.41, 5.74) is 0.186. The van der Waals surface area contributed by atoms with E-state index in [4.69, 9.17) is 0 Å². The lowest BCUT2D eigenvalue weighted by Crippen LogP contribution is -2.47. The van der Waals surface area contributed by atoms with Crippen LogP contribution in [0.15, 0.2) is 30.3 Å². The van der Waals surface area contributed by atoms with Crippen LogP contribution in [0.5, 0.6) is 0 Å². The average molecular weight is 290 g/mol. The summed E-state index contributed by atoms with van der Waals surface area (Å²) in [6, 6.07) is 10.5. The molecule has 21 heavy (non-hydrogen) atoms. The molecule has 1 aromatic carbocycles. The Bertz CT molecular complexity index is 408. The van der Waals surface area contributed by atoms with Crippen LogP contribution in [-0.4, -0.2) is 42.2 Å². The molecule has 2 rings (SSSR count). The van der Waals surface area contributed by atoms with E-state index >= 15 is 0 Å². The molecule has 0 aliphatic carbocycles. The van der Waals surface area contributed by atoms with Crippen LogP contribution in [0, 0.1) is 5.92 Å². The van der Waals surface area contributed by atoms with Gasteiger partial charge in [0.25, 0.3) is 0 Å². The Morgan fingerprint density at radius 3 is 2.43 bits per heavy atom. The molecule has 0 saturated carbocycles. The molecule has 118 valence electrons. The minimum atomic E-state index is -0.795. The van der Waals surface area contributed by atoms with E-state index in [1.807, 2.05) is 37.3 Å². The molecule has 1 saturated heterocycles. The van der Waals surface area contributed by atoms with Crippen molar-refractivity contribution in [3.05, 3.63) is 35.9 Å². The predicted octanol–water partition coefficient (Wildman–Crippen LogP) is 2.60. The minimum Gasteiger partial charge on any atom is -0.384 e. The van der Waals surface area contributed by atoms with E-state index in [0.717, 1.165) is 11.5 Å². The highest BCUT2D eigenvalue weighted by Gasteiger charge is 2.25. The lowest BCUT2D eigenvalue weighted by molar-refractivity contribution is 0.0498. The Labute approximate surface area is 129 Å². The third-order valence-corrected chi connectivity index (χ3v) is 4.34. The fraction of sp³-hybridized carbons (Fsp3) is 0.667. The highest BCUT2D eigenvalue weighted by molar-refractivity contribution is 5.21. The molecule has 1 heterocycles. The zero-order valence-corrected chi connectivity index (χ0v) is 13.7. The predicted molar refractivity (Wildman–Crippen MR) is 88.3 cm³/mol. The molecule has 1 aliphatic rings. The molecule has 0 spiro atoms. The SMILES string of the molecule is CC(C)CN1CCC(NCC(C)(O)c2ccccc2)CC1. The van der Waals surface area contributed by atoms with Crippen molar-refractivity contribution in [3.63, 3.8) is 0 Å². The second kappa shape index (κ2) is 7.39. The maximum absolute atomic E-state index is 10.6. The summed E-state index contributed by atoms with van der Waals surface area (Å²) >= 11 is 0. The lowest BCUT2D eigenvalue weighted by atomic mass is 9.95. The number of piperidine rings is 1. The van der Waals surface area contributed by atoms with Gasteiger partial charge in [-0.3, -0.25) is 0 Å². The van der Waals surface area contributed by atoms with E-state index in [1.165, 1.54) is 32.5 Å². The van der Waals surface area contributed by atoms with Crippen molar-refractivity contribution in [1.82, 2.24) is 10.2 Å². The summed E-state index contributed by atoms with van der Waals surface area (Å²) in [6.07, 6.45) is 2.36. The summed E-state index contributed by atoms with van der Waals surface area (Å²) in [5.74, 6) is 0.744. The Morgan fingerprint density at radius 1 is 1.24 bits per heavy atom. The molecule has 3 nitrogen and oxygen atoms in total. The van der Waals surface area contributed by atoms with E-state index in [0.29, 0.717) is 12.6 Å². The lowest BCUT2D eigenvalue weighted by Gasteiger charge is -2.35. The van der Waals surface area contributed by atoms with E-state index in [1.54, 1.807) is 0 Å². The normalized spacial score (nSPS) is 20.6. The molecular formula is C18H30N2O. The molecule has 1 unspecified atom stereocenters. The highest BCUT2D eigenvalue weighted by Crippen LogP contribution is 2.20. The Balaban J connectivity index is 1.77. The number of hydrogen-bond donors (Lipinski definition) is 2. The fourth-order valence-corrected chi connectivity index (χ4v) is 3.08. The third kappa shape index (κ3) is 5.10. The molecular weight excluding hydrogens is 260 g/mol. The number of likely N-dealkylation sites (tertiary alicyclic amines) is 1. The topological polar surface area (TPSA) is 35.5 Å². The maximum atomic E-state index is 10.6. The van der Waals surface area contributed by atoms with Crippen molar-refractivity contribution in [2.24, 2.45) is 5.92 Å². The van der Waals surface area contributed by atoms with Gasteiger partial charge in [0.15, 0.2) is 0 Å². The molecule has 1 aromatic rings. The van der Waals surface area contributed by atoms with Gasteiger partial charge in [-0.15, -0.1) is 0 Å². The first kappa shape index (κ1) is 16.5. The van der Waals surface area contributed by atoms with Crippen molar-refractivity contribution in [2.45, 2.75) is 45.3 Å². The van der Waals surface area contributed by atoms with E-state index in [2.05, 4.69) is 24.1 Å². The van der Waals surface area contributed by atoms with Crippen molar-refractivity contribution in [2.75, 3.05) is 26.2 Å². The van der Waals surface area contributed by atoms with E-state index in [9.17, 15) is 5.11 Å². The van der Waals surface area contributed by atoms with Crippen LogP contribution in [0.3, 0.4) is 0 Å². The summed E-state index contributed by atoms with van der Waals surface area (Å²) in [6.45, 7) is 10.6. The molecule has 1 atom stereocenters. The van der Waals surface area contributed by atoms with Crippen LogP contribution in [0.4, 0.5) is 0 Å². The molecule has 0 radical (unpaired) electrons. The first-order valence-electron chi connectivity index (χ1n) is 8.21. The van der Waals surface area contributed by atoms with Crippen LogP contribution in [0.25, 0.3) is 0 Å². The van der Waals surface area contributed by atoms with Gasteiger partial charge >= 0.3 is 0 Å². The minimum absolute atomic E-state index is 0.531. The van der Waals surface area contributed by atoms with Crippen LogP contribution in [0.1, 0.15) is 39.2 Å². The number of nitrogens with one attached hydrogen (secondary N) is 1. The first-order valence-corrected chi connectivity index (χ1v) is 8.21. The summed E-state index contributed by atoms with van der Waals surface area (Å²) in [5, 5.41) is 14.2. The van der Waals surface area contributed by atoms with Gasteiger partial charge < -0.3 is 15.3 Å². The second-order valence-corrected chi connectivity index (χ2v) is 6.99. The van der Waals surface area contributed by atoms with Gasteiger partial charge in [-0.1, -0.05) is 44.2 Å². The molecule has 0 amide bonds. The third-order valence-electron chi connectivity index (χ3n) is 4.34. The number of aliphatic hydroxyl groups is 1. The molecule has 3 heteroatoms. The quantitative estimate of drug-likeness (QED) is 0.845. The zero-order valence-electron chi connectivity index (χ0n) is 13.7. The largest absolute Gasteiger partial charge is 0.384 e. The Morgan fingerprint density at radius 2 is 1.86 bits per heavy atom. The van der Waals surface area contributed by atoms with Crippen LogP contribution >= 0.6 is 0 Å². The van der Waals surface area contributed by atoms with E-state index < -0.39 is 5.60 Å². The smallest absolute Gasteiger partial charge is 0.0992 e. The average Bonchev–Trinajstić information content (AvgIpc) is 2.47.